The average Bonchev–Trinajstić information content (AvgIpc) is 2.06. The summed E-state index contributed by atoms with van der Waals surface area (Å²) < 4.78 is 0. The Morgan fingerprint density at radius 1 is 1.50 bits per heavy atom. The molecule has 2 atom stereocenters. The van der Waals surface area contributed by atoms with Gasteiger partial charge in [-0.15, -0.1) is 0 Å². The molecule has 1 aliphatic carbocycles. The van der Waals surface area contributed by atoms with E-state index in [0.29, 0.717) is 5.92 Å². The summed E-state index contributed by atoms with van der Waals surface area (Å²) in [6, 6.07) is 0. The molecule has 12 heavy (non-hydrogen) atoms. The highest BCUT2D eigenvalue weighted by molar-refractivity contribution is 5.05. The third-order valence-corrected chi connectivity index (χ3v) is 3.28. The van der Waals surface area contributed by atoms with E-state index in [1.54, 1.807) is 0 Å². The first-order valence-corrected chi connectivity index (χ1v) is 4.77. The maximum atomic E-state index is 10.2. The number of aliphatic hydroxyl groups is 1. The zero-order valence-electron chi connectivity index (χ0n) is 7.66. The molecule has 2 rings (SSSR count). The number of nitrogens with zero attached hydrogens (tertiary/aromatic N) is 1. The van der Waals surface area contributed by atoms with E-state index in [1.165, 1.54) is 0 Å². The first kappa shape index (κ1) is 8.27. The number of likely N-dealkylation sites (tertiary alicyclic amines) is 1. The minimum absolute atomic E-state index is 0.374. The third kappa shape index (κ3) is 1.29. The first-order valence-electron chi connectivity index (χ1n) is 4.77. The fraction of sp³-hybridized carbons (Fsp3) is 0.800. The molecule has 0 amide bonds. The van der Waals surface area contributed by atoms with Gasteiger partial charge in [0.25, 0.3) is 0 Å². The van der Waals surface area contributed by atoms with Gasteiger partial charge in [-0.2, -0.15) is 0 Å². The molecule has 2 nitrogen and oxygen atoms in total. The average molecular weight is 167 g/mol. The van der Waals surface area contributed by atoms with Crippen molar-refractivity contribution in [2.24, 2.45) is 5.92 Å². The zero-order chi connectivity index (χ0) is 8.60. The second kappa shape index (κ2) is 2.86. The zero-order valence-corrected chi connectivity index (χ0v) is 7.66. The topological polar surface area (TPSA) is 23.5 Å². The van der Waals surface area contributed by atoms with E-state index in [9.17, 15) is 5.11 Å². The van der Waals surface area contributed by atoms with Crippen LogP contribution in [-0.4, -0.2) is 35.7 Å². The van der Waals surface area contributed by atoms with Crippen molar-refractivity contribution in [1.82, 2.24) is 4.90 Å². The van der Waals surface area contributed by atoms with Crippen LogP contribution in [0.4, 0.5) is 0 Å². The lowest BCUT2D eigenvalue weighted by molar-refractivity contribution is -0.0673. The van der Waals surface area contributed by atoms with Crippen LogP contribution in [0.25, 0.3) is 0 Å². The minimum Gasteiger partial charge on any atom is -0.389 e. The van der Waals surface area contributed by atoms with Crippen molar-refractivity contribution in [3.05, 3.63) is 12.2 Å². The fourth-order valence-corrected chi connectivity index (χ4v) is 2.34. The monoisotopic (exact) mass is 167 g/mol. The Kier molecular flexibility index (Phi) is 1.97. The number of fused-ring (bicyclic) bond motifs is 1. The molecule has 0 aromatic rings. The molecule has 1 aliphatic heterocycles. The highest BCUT2D eigenvalue weighted by Gasteiger charge is 2.40. The maximum Gasteiger partial charge on any atom is 0.0737 e. The molecule has 0 unspecified atom stereocenters. The van der Waals surface area contributed by atoms with Gasteiger partial charge in [-0.3, -0.25) is 0 Å². The van der Waals surface area contributed by atoms with E-state index in [4.69, 9.17) is 0 Å². The summed E-state index contributed by atoms with van der Waals surface area (Å²) in [5.41, 5.74) is -0.374. The van der Waals surface area contributed by atoms with Crippen LogP contribution >= 0.6 is 0 Å². The van der Waals surface area contributed by atoms with Crippen LogP contribution in [0.5, 0.6) is 0 Å². The molecular formula is C10H17NO. The summed E-state index contributed by atoms with van der Waals surface area (Å²) in [5.74, 6) is 0.473. The molecule has 1 N–H and O–H groups in total. The van der Waals surface area contributed by atoms with Crippen LogP contribution in [0.1, 0.15) is 19.3 Å². The van der Waals surface area contributed by atoms with E-state index in [-0.39, 0.29) is 5.60 Å². The molecule has 68 valence electrons. The summed E-state index contributed by atoms with van der Waals surface area (Å²) in [6.07, 6.45) is 7.20. The van der Waals surface area contributed by atoms with Gasteiger partial charge in [0, 0.05) is 19.0 Å². The molecule has 0 aromatic heterocycles. The minimum atomic E-state index is -0.374. The highest BCUT2D eigenvalue weighted by atomic mass is 16.3. The Bertz CT molecular complexity index is 202. The molecule has 0 radical (unpaired) electrons. The first-order chi connectivity index (χ1) is 5.71. The number of rotatable bonds is 0. The summed E-state index contributed by atoms with van der Waals surface area (Å²) in [4.78, 5) is 2.32. The summed E-state index contributed by atoms with van der Waals surface area (Å²) in [5, 5.41) is 10.2. The molecule has 1 fully saturated rings. The number of allylic oxidation sites excluding steroid dienone is 1. The lowest BCUT2D eigenvalue weighted by Gasteiger charge is -2.44. The van der Waals surface area contributed by atoms with Gasteiger partial charge in [0.2, 0.25) is 0 Å². The molecule has 0 spiro atoms. The van der Waals surface area contributed by atoms with E-state index in [1.807, 2.05) is 0 Å². The second-order valence-corrected chi connectivity index (χ2v) is 4.22. The van der Waals surface area contributed by atoms with Crippen LogP contribution in [0, 0.1) is 5.92 Å². The van der Waals surface area contributed by atoms with Crippen molar-refractivity contribution >= 4 is 0 Å². The Labute approximate surface area is 73.9 Å². The van der Waals surface area contributed by atoms with Crippen LogP contribution in [0.15, 0.2) is 12.2 Å². The molecule has 0 bridgehead atoms. The molecule has 2 aliphatic rings. The smallest absolute Gasteiger partial charge is 0.0737 e. The SMILES string of the molecule is CN1CC[C@]2(O)CC=CC[C@@H]2C1. The van der Waals surface area contributed by atoms with Gasteiger partial charge in [-0.25, -0.2) is 0 Å². The van der Waals surface area contributed by atoms with Gasteiger partial charge in [0.05, 0.1) is 5.60 Å². The Balaban J connectivity index is 2.13. The van der Waals surface area contributed by atoms with E-state index >= 15 is 0 Å². The van der Waals surface area contributed by atoms with Crippen LogP contribution < -0.4 is 0 Å². The van der Waals surface area contributed by atoms with Crippen LogP contribution in [0.3, 0.4) is 0 Å². The second-order valence-electron chi connectivity index (χ2n) is 4.22. The van der Waals surface area contributed by atoms with Crippen molar-refractivity contribution in [3.63, 3.8) is 0 Å². The summed E-state index contributed by atoms with van der Waals surface area (Å²) >= 11 is 0. The molecule has 0 saturated carbocycles. The van der Waals surface area contributed by atoms with E-state index in [0.717, 1.165) is 32.4 Å². The molecular weight excluding hydrogens is 150 g/mol. The van der Waals surface area contributed by atoms with Gasteiger partial charge in [0.15, 0.2) is 0 Å². The van der Waals surface area contributed by atoms with Crippen molar-refractivity contribution in [3.8, 4) is 0 Å². The van der Waals surface area contributed by atoms with Gasteiger partial charge in [-0.1, -0.05) is 12.2 Å². The molecule has 0 aromatic carbocycles. The van der Waals surface area contributed by atoms with Gasteiger partial charge < -0.3 is 10.0 Å². The van der Waals surface area contributed by atoms with Gasteiger partial charge >= 0.3 is 0 Å². The van der Waals surface area contributed by atoms with Crippen LogP contribution in [0.2, 0.25) is 0 Å². The normalized spacial score (nSPS) is 42.7. The Morgan fingerprint density at radius 2 is 2.33 bits per heavy atom. The number of piperidine rings is 1. The highest BCUT2D eigenvalue weighted by Crippen LogP contribution is 2.36. The standard InChI is InChI=1S/C10H17NO/c1-11-7-6-10(12)5-3-2-4-9(10)8-11/h2-3,9,12H,4-8H2,1H3/t9-,10-/m1/s1. The molecule has 1 saturated heterocycles. The predicted octanol–water partition coefficient (Wildman–Crippen LogP) is 1.02. The fourth-order valence-electron chi connectivity index (χ4n) is 2.34. The van der Waals surface area contributed by atoms with Crippen molar-refractivity contribution in [2.75, 3.05) is 20.1 Å². The molecule has 2 heteroatoms. The van der Waals surface area contributed by atoms with E-state index in [2.05, 4.69) is 24.1 Å². The van der Waals surface area contributed by atoms with Crippen molar-refractivity contribution in [2.45, 2.75) is 24.9 Å². The summed E-state index contributed by atoms with van der Waals surface area (Å²) in [6.45, 7) is 2.10. The molecule has 1 heterocycles. The van der Waals surface area contributed by atoms with Crippen molar-refractivity contribution in [1.29, 1.82) is 0 Å². The largest absolute Gasteiger partial charge is 0.389 e. The maximum absolute atomic E-state index is 10.2. The Hall–Kier alpha value is -0.340. The number of hydrogen-bond acceptors (Lipinski definition) is 2. The number of hydrogen-bond donors (Lipinski definition) is 1. The van der Waals surface area contributed by atoms with Gasteiger partial charge in [-0.05, 0) is 26.3 Å². The Morgan fingerprint density at radius 3 is 3.17 bits per heavy atom. The van der Waals surface area contributed by atoms with Crippen molar-refractivity contribution < 1.29 is 5.11 Å². The van der Waals surface area contributed by atoms with Gasteiger partial charge in [0.1, 0.15) is 0 Å². The van der Waals surface area contributed by atoms with E-state index < -0.39 is 0 Å². The lowest BCUT2D eigenvalue weighted by Crippen LogP contribution is -2.51. The lowest BCUT2D eigenvalue weighted by atomic mass is 9.74. The predicted molar refractivity (Wildman–Crippen MR) is 48.9 cm³/mol. The van der Waals surface area contributed by atoms with Crippen LogP contribution in [-0.2, 0) is 0 Å². The quantitative estimate of drug-likeness (QED) is 0.544. The summed E-state index contributed by atoms with van der Waals surface area (Å²) in [7, 11) is 2.14. The third-order valence-electron chi connectivity index (χ3n) is 3.28.